The summed E-state index contributed by atoms with van der Waals surface area (Å²) < 4.78 is 33.9. The largest absolute Gasteiger partial charge is 0.497 e. The Bertz CT molecular complexity index is 753. The summed E-state index contributed by atoms with van der Waals surface area (Å²) in [6.07, 6.45) is 0. The van der Waals surface area contributed by atoms with Crippen LogP contribution < -0.4 is 4.74 Å². The van der Waals surface area contributed by atoms with Gasteiger partial charge < -0.3 is 4.74 Å². The van der Waals surface area contributed by atoms with E-state index in [-0.39, 0.29) is 17.2 Å². The number of benzene rings is 2. The molecule has 0 amide bonds. The first kappa shape index (κ1) is 15.9. The number of hydrogen-bond acceptors (Lipinski definition) is 6. The first-order valence-electron chi connectivity index (χ1n) is 6.19. The molecule has 0 unspecified atom stereocenters. The topological polar surface area (TPSA) is 95.7 Å². The summed E-state index contributed by atoms with van der Waals surface area (Å²) in [4.78, 5) is 10.0. The molecule has 0 radical (unpaired) electrons. The Morgan fingerprint density at radius 2 is 1.64 bits per heavy atom. The zero-order chi connectivity index (χ0) is 16.2. The Morgan fingerprint density at radius 3 is 2.14 bits per heavy atom. The molecule has 116 valence electrons. The number of nitro groups is 1. The molecule has 0 N–H and O–H groups in total. The van der Waals surface area contributed by atoms with Crippen molar-refractivity contribution in [2.24, 2.45) is 0 Å². The second-order valence-electron chi connectivity index (χ2n) is 4.32. The van der Waals surface area contributed by atoms with Crippen molar-refractivity contribution in [3.63, 3.8) is 0 Å². The lowest BCUT2D eigenvalue weighted by molar-refractivity contribution is -0.384. The molecule has 0 aliphatic carbocycles. The summed E-state index contributed by atoms with van der Waals surface area (Å²) in [5.74, 6) is 0.536. The van der Waals surface area contributed by atoms with Gasteiger partial charge in [0.1, 0.15) is 5.75 Å². The van der Waals surface area contributed by atoms with Crippen LogP contribution in [0.4, 0.5) is 5.69 Å². The lowest BCUT2D eigenvalue weighted by Crippen LogP contribution is -2.06. The minimum absolute atomic E-state index is 0.00946. The Morgan fingerprint density at radius 1 is 1.05 bits per heavy atom. The van der Waals surface area contributed by atoms with E-state index in [1.165, 1.54) is 55.6 Å². The highest BCUT2D eigenvalue weighted by atomic mass is 32.2. The molecule has 8 heteroatoms. The van der Waals surface area contributed by atoms with E-state index < -0.39 is 15.0 Å². The Hall–Kier alpha value is -2.45. The van der Waals surface area contributed by atoms with Crippen molar-refractivity contribution >= 4 is 15.8 Å². The molecule has 7 nitrogen and oxygen atoms in total. The van der Waals surface area contributed by atoms with E-state index in [1.54, 1.807) is 0 Å². The van der Waals surface area contributed by atoms with Crippen molar-refractivity contribution in [2.75, 3.05) is 7.11 Å². The summed E-state index contributed by atoms with van der Waals surface area (Å²) in [6.45, 7) is -0.202. The van der Waals surface area contributed by atoms with Gasteiger partial charge in [0.2, 0.25) is 0 Å². The first-order valence-corrected chi connectivity index (χ1v) is 7.60. The Labute approximate surface area is 127 Å². The fraction of sp³-hybridized carbons (Fsp3) is 0.143. The number of ether oxygens (including phenoxy) is 1. The van der Waals surface area contributed by atoms with Gasteiger partial charge in [0.05, 0.1) is 23.5 Å². The molecule has 0 spiro atoms. The van der Waals surface area contributed by atoms with E-state index in [9.17, 15) is 18.5 Å². The average Bonchev–Trinajstić information content (AvgIpc) is 2.53. The zero-order valence-corrected chi connectivity index (χ0v) is 12.4. The van der Waals surface area contributed by atoms with Crippen molar-refractivity contribution in [1.82, 2.24) is 0 Å². The van der Waals surface area contributed by atoms with Crippen LogP contribution in [0.5, 0.6) is 5.75 Å². The normalized spacial score (nSPS) is 11.1. The van der Waals surface area contributed by atoms with Gasteiger partial charge in [-0.25, -0.2) is 0 Å². The van der Waals surface area contributed by atoms with Gasteiger partial charge in [0, 0.05) is 12.1 Å². The van der Waals surface area contributed by atoms with Crippen LogP contribution in [0, 0.1) is 10.1 Å². The van der Waals surface area contributed by atoms with Crippen LogP contribution in [-0.2, 0) is 20.9 Å². The van der Waals surface area contributed by atoms with E-state index in [4.69, 9.17) is 8.92 Å². The molecular weight excluding hydrogens is 310 g/mol. The fourth-order valence-corrected chi connectivity index (χ4v) is 2.57. The van der Waals surface area contributed by atoms with Crippen LogP contribution in [0.1, 0.15) is 5.56 Å². The van der Waals surface area contributed by atoms with E-state index in [1.807, 2.05) is 0 Å². The number of nitro benzene ring substituents is 1. The molecule has 0 heterocycles. The lowest BCUT2D eigenvalue weighted by atomic mass is 10.2. The van der Waals surface area contributed by atoms with Crippen LogP contribution in [0.2, 0.25) is 0 Å². The maximum Gasteiger partial charge on any atom is 0.297 e. The maximum absolute atomic E-state index is 12.0. The van der Waals surface area contributed by atoms with Crippen LogP contribution in [-0.4, -0.2) is 20.5 Å². The fourth-order valence-electron chi connectivity index (χ4n) is 1.67. The van der Waals surface area contributed by atoms with E-state index in [2.05, 4.69) is 0 Å². The van der Waals surface area contributed by atoms with Crippen molar-refractivity contribution < 1.29 is 22.3 Å². The maximum atomic E-state index is 12.0. The smallest absolute Gasteiger partial charge is 0.297 e. The zero-order valence-electron chi connectivity index (χ0n) is 11.6. The summed E-state index contributed by atoms with van der Waals surface area (Å²) in [6, 6.07) is 11.3. The Balaban J connectivity index is 2.06. The van der Waals surface area contributed by atoms with Crippen LogP contribution >= 0.6 is 0 Å². The molecule has 2 aromatic carbocycles. The predicted molar refractivity (Wildman–Crippen MR) is 78.1 cm³/mol. The van der Waals surface area contributed by atoms with Gasteiger partial charge in [-0.15, -0.1) is 0 Å². The van der Waals surface area contributed by atoms with Gasteiger partial charge in [-0.05, 0) is 42.0 Å². The molecule has 0 aliphatic heterocycles. The molecule has 2 aromatic rings. The monoisotopic (exact) mass is 323 g/mol. The molecule has 22 heavy (non-hydrogen) atoms. The number of nitrogens with zero attached hydrogens (tertiary/aromatic N) is 1. The van der Waals surface area contributed by atoms with Gasteiger partial charge in [-0.2, -0.15) is 8.42 Å². The summed E-state index contributed by atoms with van der Waals surface area (Å²) >= 11 is 0. The highest BCUT2D eigenvalue weighted by molar-refractivity contribution is 7.86. The highest BCUT2D eigenvalue weighted by Crippen LogP contribution is 2.19. The van der Waals surface area contributed by atoms with Crippen molar-refractivity contribution in [3.8, 4) is 5.75 Å². The van der Waals surface area contributed by atoms with Crippen molar-refractivity contribution in [1.29, 1.82) is 0 Å². The number of hydrogen-bond donors (Lipinski definition) is 0. The second-order valence-corrected chi connectivity index (χ2v) is 5.93. The van der Waals surface area contributed by atoms with E-state index in [0.717, 1.165) is 0 Å². The van der Waals surface area contributed by atoms with Crippen molar-refractivity contribution in [2.45, 2.75) is 11.5 Å². The third-order valence-corrected chi connectivity index (χ3v) is 4.15. The lowest BCUT2D eigenvalue weighted by Gasteiger charge is -2.06. The number of rotatable bonds is 6. The van der Waals surface area contributed by atoms with E-state index in [0.29, 0.717) is 11.3 Å². The Kier molecular flexibility index (Phi) is 4.74. The van der Waals surface area contributed by atoms with Gasteiger partial charge in [-0.3, -0.25) is 14.3 Å². The molecule has 0 saturated heterocycles. The van der Waals surface area contributed by atoms with Gasteiger partial charge in [0.15, 0.2) is 0 Å². The quantitative estimate of drug-likeness (QED) is 0.460. The van der Waals surface area contributed by atoms with Crippen molar-refractivity contribution in [3.05, 3.63) is 64.2 Å². The molecule has 0 aromatic heterocycles. The summed E-state index contributed by atoms with van der Waals surface area (Å²) in [5.41, 5.74) is 0.449. The first-order chi connectivity index (χ1) is 10.4. The number of non-ortho nitro benzene ring substituents is 1. The number of methoxy groups -OCH3 is 1. The van der Waals surface area contributed by atoms with Gasteiger partial charge >= 0.3 is 0 Å². The third-order valence-electron chi connectivity index (χ3n) is 2.88. The molecule has 2 rings (SSSR count). The van der Waals surface area contributed by atoms with Gasteiger partial charge in [0.25, 0.3) is 15.8 Å². The van der Waals surface area contributed by atoms with E-state index >= 15 is 0 Å². The predicted octanol–water partition coefficient (Wildman–Crippen LogP) is 2.51. The molecule has 0 fully saturated rings. The molecule has 0 saturated carbocycles. The second kappa shape index (κ2) is 6.54. The summed E-state index contributed by atoms with van der Waals surface area (Å²) in [5, 5.41) is 10.5. The summed E-state index contributed by atoms with van der Waals surface area (Å²) in [7, 11) is -2.42. The highest BCUT2D eigenvalue weighted by Gasteiger charge is 2.15. The molecule has 0 aliphatic rings. The van der Waals surface area contributed by atoms with Crippen LogP contribution in [0.3, 0.4) is 0 Å². The standard InChI is InChI=1S/C14H13NO6S/c1-20-13-6-8-14(9-7-13)22(18,19)21-10-11-2-4-12(5-3-11)15(16)17/h2-9H,10H2,1H3. The van der Waals surface area contributed by atoms with Crippen LogP contribution in [0.15, 0.2) is 53.4 Å². The minimum Gasteiger partial charge on any atom is -0.497 e. The molecular formula is C14H13NO6S. The van der Waals surface area contributed by atoms with Gasteiger partial charge in [-0.1, -0.05) is 0 Å². The molecule has 0 atom stereocenters. The minimum atomic E-state index is -3.90. The SMILES string of the molecule is COc1ccc(S(=O)(=O)OCc2ccc([N+](=O)[O-])cc2)cc1. The average molecular weight is 323 g/mol. The third kappa shape index (κ3) is 3.80. The van der Waals surface area contributed by atoms with Crippen LogP contribution in [0.25, 0.3) is 0 Å². The molecule has 0 bridgehead atoms.